The van der Waals surface area contributed by atoms with E-state index < -0.39 is 10.5 Å². The molecule has 2 aliphatic heterocycles. The van der Waals surface area contributed by atoms with Gasteiger partial charge in [0.2, 0.25) is 5.91 Å². The summed E-state index contributed by atoms with van der Waals surface area (Å²) in [6.45, 7) is 6.35. The topological polar surface area (TPSA) is 93.0 Å². The lowest BCUT2D eigenvalue weighted by atomic mass is 10.1. The van der Waals surface area contributed by atoms with Crippen LogP contribution in [0.25, 0.3) is 0 Å². The van der Waals surface area contributed by atoms with Crippen LogP contribution in [0.2, 0.25) is 0 Å². The largest absolute Gasteiger partial charge is 0.444 e. The minimum absolute atomic E-state index is 0.0183. The maximum absolute atomic E-state index is 12.4. The SMILES string of the molecule is CC(C)(C)OC(=O)N1CC[C@H](N2C(=O)Cc3cc([N+](=O)[O-])ccc32)C1. The van der Waals surface area contributed by atoms with Crippen molar-refractivity contribution >= 4 is 23.4 Å². The van der Waals surface area contributed by atoms with Crippen molar-refractivity contribution in [2.24, 2.45) is 0 Å². The first-order chi connectivity index (χ1) is 11.7. The molecule has 0 bridgehead atoms. The molecule has 0 N–H and O–H groups in total. The molecule has 8 heteroatoms. The van der Waals surface area contributed by atoms with E-state index in [1.54, 1.807) is 15.9 Å². The molecule has 0 spiro atoms. The van der Waals surface area contributed by atoms with Crippen LogP contribution in [0.1, 0.15) is 32.8 Å². The van der Waals surface area contributed by atoms with Gasteiger partial charge in [-0.3, -0.25) is 14.9 Å². The summed E-state index contributed by atoms with van der Waals surface area (Å²) in [5, 5.41) is 10.9. The number of anilines is 1. The number of hydrogen-bond acceptors (Lipinski definition) is 5. The van der Waals surface area contributed by atoms with E-state index in [4.69, 9.17) is 4.74 Å². The molecule has 0 aliphatic carbocycles. The number of rotatable bonds is 2. The lowest BCUT2D eigenvalue weighted by molar-refractivity contribution is -0.384. The minimum atomic E-state index is -0.565. The Labute approximate surface area is 145 Å². The molecule has 8 nitrogen and oxygen atoms in total. The van der Waals surface area contributed by atoms with Gasteiger partial charge >= 0.3 is 6.09 Å². The van der Waals surface area contributed by atoms with Gasteiger partial charge in [-0.25, -0.2) is 4.79 Å². The zero-order valence-electron chi connectivity index (χ0n) is 14.5. The van der Waals surface area contributed by atoms with Crippen LogP contribution in [-0.2, 0) is 16.0 Å². The van der Waals surface area contributed by atoms with Gasteiger partial charge in [-0.05, 0) is 38.8 Å². The highest BCUT2D eigenvalue weighted by Gasteiger charge is 2.39. The zero-order valence-corrected chi connectivity index (χ0v) is 14.5. The summed E-state index contributed by atoms with van der Waals surface area (Å²) >= 11 is 0. The highest BCUT2D eigenvalue weighted by atomic mass is 16.6. The highest BCUT2D eigenvalue weighted by molar-refractivity contribution is 6.02. The maximum Gasteiger partial charge on any atom is 0.410 e. The van der Waals surface area contributed by atoms with Crippen LogP contribution in [-0.4, -0.2) is 46.6 Å². The predicted octanol–water partition coefficient (Wildman–Crippen LogP) is 2.49. The van der Waals surface area contributed by atoms with Gasteiger partial charge in [0.25, 0.3) is 5.69 Å². The number of benzene rings is 1. The predicted molar refractivity (Wildman–Crippen MR) is 90.5 cm³/mol. The Morgan fingerprint density at radius 3 is 2.72 bits per heavy atom. The average Bonchev–Trinajstić information content (AvgIpc) is 3.07. The molecule has 1 aromatic carbocycles. The third kappa shape index (κ3) is 3.42. The van der Waals surface area contributed by atoms with E-state index >= 15 is 0 Å². The van der Waals surface area contributed by atoms with Gasteiger partial charge in [-0.2, -0.15) is 0 Å². The van der Waals surface area contributed by atoms with Crippen LogP contribution in [0, 0.1) is 10.1 Å². The molecule has 1 fully saturated rings. The summed E-state index contributed by atoms with van der Waals surface area (Å²) in [6.07, 6.45) is 0.423. The standard InChI is InChI=1S/C17H21N3O5/c1-17(2,3)25-16(22)18-7-6-13(10-18)19-14-5-4-12(20(23)24)8-11(14)9-15(19)21/h4-5,8,13H,6-7,9-10H2,1-3H3/t13-/m0/s1. The normalized spacial score (nSPS) is 20.0. The Kier molecular flexibility index (Phi) is 4.14. The van der Waals surface area contributed by atoms with Crippen LogP contribution in [0.3, 0.4) is 0 Å². The maximum atomic E-state index is 12.4. The van der Waals surface area contributed by atoms with Crippen LogP contribution in [0.5, 0.6) is 0 Å². The Hall–Kier alpha value is -2.64. The average molecular weight is 347 g/mol. The van der Waals surface area contributed by atoms with E-state index in [0.717, 1.165) is 0 Å². The van der Waals surface area contributed by atoms with E-state index in [2.05, 4.69) is 0 Å². The molecular formula is C17H21N3O5. The van der Waals surface area contributed by atoms with Crippen molar-refractivity contribution in [2.75, 3.05) is 18.0 Å². The van der Waals surface area contributed by atoms with Crippen LogP contribution < -0.4 is 4.90 Å². The Morgan fingerprint density at radius 1 is 1.36 bits per heavy atom. The number of nitrogens with zero attached hydrogens (tertiary/aromatic N) is 3. The van der Waals surface area contributed by atoms with Crippen molar-refractivity contribution in [2.45, 2.75) is 45.3 Å². The summed E-state index contributed by atoms with van der Waals surface area (Å²) in [5.41, 5.74) is 0.779. The molecule has 3 rings (SSSR count). The van der Waals surface area contributed by atoms with Gasteiger partial charge in [0.1, 0.15) is 5.60 Å². The fourth-order valence-corrected chi connectivity index (χ4v) is 3.29. The van der Waals surface area contributed by atoms with Gasteiger partial charge < -0.3 is 14.5 Å². The minimum Gasteiger partial charge on any atom is -0.444 e. The Morgan fingerprint density at radius 2 is 2.08 bits per heavy atom. The van der Waals surface area contributed by atoms with Crippen molar-refractivity contribution in [3.05, 3.63) is 33.9 Å². The number of carbonyl (C=O) groups is 2. The van der Waals surface area contributed by atoms with E-state index in [1.807, 2.05) is 20.8 Å². The molecule has 2 aliphatic rings. The van der Waals surface area contributed by atoms with E-state index in [0.29, 0.717) is 30.8 Å². The summed E-state index contributed by atoms with van der Waals surface area (Å²) in [4.78, 5) is 38.3. The second-order valence-corrected chi connectivity index (χ2v) is 7.38. The van der Waals surface area contributed by atoms with Crippen molar-refractivity contribution in [1.82, 2.24) is 4.90 Å². The number of likely N-dealkylation sites (tertiary alicyclic amines) is 1. The van der Waals surface area contributed by atoms with Crippen LogP contribution >= 0.6 is 0 Å². The Bertz CT molecular complexity index is 740. The van der Waals surface area contributed by atoms with E-state index in [9.17, 15) is 19.7 Å². The molecule has 0 saturated carbocycles. The number of nitro benzene ring substituents is 1. The fraction of sp³-hybridized carbons (Fsp3) is 0.529. The molecule has 1 aromatic rings. The first-order valence-corrected chi connectivity index (χ1v) is 8.23. The smallest absolute Gasteiger partial charge is 0.410 e. The molecule has 0 radical (unpaired) electrons. The molecule has 0 unspecified atom stereocenters. The molecule has 2 amide bonds. The lowest BCUT2D eigenvalue weighted by Gasteiger charge is -2.27. The first kappa shape index (κ1) is 17.2. The van der Waals surface area contributed by atoms with Crippen LogP contribution in [0.4, 0.5) is 16.2 Å². The molecule has 25 heavy (non-hydrogen) atoms. The third-order valence-electron chi connectivity index (χ3n) is 4.32. The highest BCUT2D eigenvalue weighted by Crippen LogP contribution is 2.35. The van der Waals surface area contributed by atoms with Gasteiger partial charge in [0.15, 0.2) is 0 Å². The number of amides is 2. The first-order valence-electron chi connectivity index (χ1n) is 8.23. The molecular weight excluding hydrogens is 326 g/mol. The molecule has 0 aromatic heterocycles. The third-order valence-corrected chi connectivity index (χ3v) is 4.32. The molecule has 1 atom stereocenters. The summed E-state index contributed by atoms with van der Waals surface area (Å²) in [7, 11) is 0. The molecule has 134 valence electrons. The fourth-order valence-electron chi connectivity index (χ4n) is 3.29. The van der Waals surface area contributed by atoms with Crippen molar-refractivity contribution in [3.63, 3.8) is 0 Å². The number of hydrogen-bond donors (Lipinski definition) is 0. The number of fused-ring (bicyclic) bond motifs is 1. The molecule has 2 heterocycles. The summed E-state index contributed by atoms with van der Waals surface area (Å²) < 4.78 is 5.38. The van der Waals surface area contributed by atoms with Crippen LogP contribution in [0.15, 0.2) is 18.2 Å². The van der Waals surface area contributed by atoms with E-state index in [1.165, 1.54) is 12.1 Å². The van der Waals surface area contributed by atoms with Gasteiger partial charge in [-0.1, -0.05) is 0 Å². The molecule has 1 saturated heterocycles. The lowest BCUT2D eigenvalue weighted by Crippen LogP contribution is -2.42. The number of nitro groups is 1. The number of non-ortho nitro benzene ring substituents is 1. The van der Waals surface area contributed by atoms with Gasteiger partial charge in [0, 0.05) is 30.9 Å². The van der Waals surface area contributed by atoms with Crippen molar-refractivity contribution < 1.29 is 19.2 Å². The Balaban J connectivity index is 1.75. The van der Waals surface area contributed by atoms with Gasteiger partial charge in [-0.15, -0.1) is 0 Å². The second kappa shape index (κ2) is 6.02. The van der Waals surface area contributed by atoms with E-state index in [-0.39, 0.29) is 30.2 Å². The number of carbonyl (C=O) groups excluding carboxylic acids is 2. The van der Waals surface area contributed by atoms with Crippen molar-refractivity contribution in [3.8, 4) is 0 Å². The summed E-state index contributed by atoms with van der Waals surface area (Å²) in [5.74, 6) is -0.0912. The number of ether oxygens (including phenoxy) is 1. The van der Waals surface area contributed by atoms with Gasteiger partial charge in [0.05, 0.1) is 17.4 Å². The monoisotopic (exact) mass is 347 g/mol. The second-order valence-electron chi connectivity index (χ2n) is 7.38. The van der Waals surface area contributed by atoms with Crippen molar-refractivity contribution in [1.29, 1.82) is 0 Å². The summed E-state index contributed by atoms with van der Waals surface area (Å²) in [6, 6.07) is 4.34. The zero-order chi connectivity index (χ0) is 18.4. The quantitative estimate of drug-likeness (QED) is 0.605.